The number of rotatable bonds is 7. The highest BCUT2D eigenvalue weighted by molar-refractivity contribution is 5.88. The minimum atomic E-state index is 0.629. The molecule has 4 heterocycles. The molecule has 0 unspecified atom stereocenters. The van der Waals surface area contributed by atoms with Gasteiger partial charge in [0, 0.05) is 45.4 Å². The quantitative estimate of drug-likeness (QED) is 0.647. The molecule has 3 saturated heterocycles. The Morgan fingerprint density at radius 2 is 1.90 bits per heavy atom. The summed E-state index contributed by atoms with van der Waals surface area (Å²) in [4.78, 5) is 7.71. The number of aromatic nitrogens is 1. The molecule has 3 aliphatic rings. The normalized spacial score (nSPS) is 26.2. The van der Waals surface area contributed by atoms with E-state index >= 15 is 0 Å². The topological polar surface area (TPSA) is 45.0 Å². The molecule has 0 saturated carbocycles. The van der Waals surface area contributed by atoms with Gasteiger partial charge in [-0.05, 0) is 63.2 Å². The number of hydrogen-bond donors (Lipinski definition) is 0. The third-order valence-electron chi connectivity index (χ3n) is 7.23. The summed E-state index contributed by atoms with van der Waals surface area (Å²) in [5.74, 6) is 1.71. The number of hydrogen-bond acceptors (Lipinski definition) is 6. The van der Waals surface area contributed by atoms with Crippen LogP contribution in [0.3, 0.4) is 0 Å². The Hall–Kier alpha value is -1.63. The molecule has 5 rings (SSSR count). The van der Waals surface area contributed by atoms with Crippen LogP contribution in [0.2, 0.25) is 0 Å². The fourth-order valence-corrected chi connectivity index (χ4v) is 5.51. The van der Waals surface area contributed by atoms with Crippen LogP contribution in [0, 0.1) is 5.92 Å². The standard InChI is InChI=1S/C24H36N4O2/c1-4-11-26(12-5-1)13-6-16-29-19-20-9-10-21-18-28(15-14-27(21)17-20)24-22-7-2-3-8-23(22)30-25-24/h2-3,7-8,20-21H,1,4-6,9-19H2/t20-,21-/m0/s1. The molecule has 2 atom stereocenters. The second-order valence-corrected chi connectivity index (χ2v) is 9.37. The molecular weight excluding hydrogens is 376 g/mol. The molecular formula is C24H36N4O2. The highest BCUT2D eigenvalue weighted by Gasteiger charge is 2.34. The van der Waals surface area contributed by atoms with Gasteiger partial charge < -0.3 is 19.1 Å². The third-order valence-corrected chi connectivity index (χ3v) is 7.23. The molecule has 164 valence electrons. The molecule has 0 radical (unpaired) electrons. The Balaban J connectivity index is 1.05. The van der Waals surface area contributed by atoms with Crippen molar-refractivity contribution in [3.05, 3.63) is 24.3 Å². The summed E-state index contributed by atoms with van der Waals surface area (Å²) in [6.07, 6.45) is 7.89. The van der Waals surface area contributed by atoms with Gasteiger partial charge in [0.25, 0.3) is 0 Å². The maximum Gasteiger partial charge on any atom is 0.180 e. The number of piperazine rings is 1. The molecule has 1 aromatic heterocycles. The molecule has 0 bridgehead atoms. The van der Waals surface area contributed by atoms with E-state index in [2.05, 4.69) is 32.0 Å². The lowest BCUT2D eigenvalue weighted by atomic mass is 9.91. The number of piperidine rings is 2. The molecule has 1 aromatic carbocycles. The Morgan fingerprint density at radius 1 is 1.00 bits per heavy atom. The van der Waals surface area contributed by atoms with E-state index in [1.54, 1.807) is 0 Å². The highest BCUT2D eigenvalue weighted by Crippen LogP contribution is 2.31. The second-order valence-electron chi connectivity index (χ2n) is 9.37. The Labute approximate surface area is 180 Å². The summed E-state index contributed by atoms with van der Waals surface area (Å²) in [5, 5.41) is 5.51. The number of fused-ring (bicyclic) bond motifs is 2. The fourth-order valence-electron chi connectivity index (χ4n) is 5.51. The average Bonchev–Trinajstić information content (AvgIpc) is 3.23. The SMILES string of the molecule is c1ccc2c(N3CCN4C[C@@H](COCCCN5CCCCC5)CC[C@H]4C3)noc2c1. The summed E-state index contributed by atoms with van der Waals surface area (Å²) in [6, 6.07) is 8.82. The molecule has 0 aliphatic carbocycles. The number of likely N-dealkylation sites (tertiary alicyclic amines) is 1. The van der Waals surface area contributed by atoms with Crippen LogP contribution in [0.5, 0.6) is 0 Å². The van der Waals surface area contributed by atoms with E-state index in [1.165, 1.54) is 64.7 Å². The zero-order valence-corrected chi connectivity index (χ0v) is 18.2. The first-order valence-corrected chi connectivity index (χ1v) is 12.0. The number of para-hydroxylation sites is 1. The summed E-state index contributed by atoms with van der Waals surface area (Å²) in [6.45, 7) is 10.0. The smallest absolute Gasteiger partial charge is 0.180 e. The van der Waals surface area contributed by atoms with Crippen molar-refractivity contribution in [3.8, 4) is 0 Å². The minimum absolute atomic E-state index is 0.629. The summed E-state index contributed by atoms with van der Waals surface area (Å²) < 4.78 is 11.6. The number of benzene rings is 1. The lowest BCUT2D eigenvalue weighted by Gasteiger charge is -2.46. The zero-order valence-electron chi connectivity index (χ0n) is 18.2. The maximum absolute atomic E-state index is 6.09. The van der Waals surface area contributed by atoms with Crippen LogP contribution in [-0.4, -0.2) is 80.0 Å². The van der Waals surface area contributed by atoms with Crippen molar-refractivity contribution in [2.24, 2.45) is 5.92 Å². The molecule has 0 amide bonds. The van der Waals surface area contributed by atoms with Crippen molar-refractivity contribution in [2.45, 2.75) is 44.6 Å². The zero-order chi connectivity index (χ0) is 20.2. The Morgan fingerprint density at radius 3 is 2.83 bits per heavy atom. The van der Waals surface area contributed by atoms with Crippen LogP contribution >= 0.6 is 0 Å². The molecule has 6 nitrogen and oxygen atoms in total. The molecule has 3 fully saturated rings. The van der Waals surface area contributed by atoms with Crippen LogP contribution in [0.15, 0.2) is 28.8 Å². The van der Waals surface area contributed by atoms with Crippen LogP contribution < -0.4 is 4.90 Å². The van der Waals surface area contributed by atoms with Gasteiger partial charge in [0.1, 0.15) is 0 Å². The maximum atomic E-state index is 6.09. The second kappa shape index (κ2) is 9.67. The average molecular weight is 413 g/mol. The van der Waals surface area contributed by atoms with E-state index in [4.69, 9.17) is 9.26 Å². The Kier molecular flexibility index (Phi) is 6.54. The van der Waals surface area contributed by atoms with E-state index in [-0.39, 0.29) is 0 Å². The van der Waals surface area contributed by atoms with E-state index in [0.717, 1.165) is 49.6 Å². The van der Waals surface area contributed by atoms with Crippen LogP contribution in [0.4, 0.5) is 5.82 Å². The van der Waals surface area contributed by atoms with Crippen LogP contribution in [-0.2, 0) is 4.74 Å². The van der Waals surface area contributed by atoms with E-state index < -0.39 is 0 Å². The molecule has 0 spiro atoms. The van der Waals surface area contributed by atoms with Gasteiger partial charge in [-0.3, -0.25) is 4.90 Å². The summed E-state index contributed by atoms with van der Waals surface area (Å²) >= 11 is 0. The van der Waals surface area contributed by atoms with Crippen molar-refractivity contribution >= 4 is 16.8 Å². The van der Waals surface area contributed by atoms with Gasteiger partial charge in [-0.15, -0.1) is 0 Å². The predicted molar refractivity (Wildman–Crippen MR) is 120 cm³/mol. The van der Waals surface area contributed by atoms with Crippen molar-refractivity contribution in [1.29, 1.82) is 0 Å². The van der Waals surface area contributed by atoms with Crippen molar-refractivity contribution < 1.29 is 9.26 Å². The van der Waals surface area contributed by atoms with E-state index in [9.17, 15) is 0 Å². The molecule has 6 heteroatoms. The molecule has 30 heavy (non-hydrogen) atoms. The van der Waals surface area contributed by atoms with Gasteiger partial charge in [0.05, 0.1) is 12.0 Å². The van der Waals surface area contributed by atoms with Gasteiger partial charge in [0.15, 0.2) is 11.4 Å². The third kappa shape index (κ3) is 4.66. The molecule has 2 aromatic rings. The minimum Gasteiger partial charge on any atom is -0.381 e. The number of nitrogens with zero attached hydrogens (tertiary/aromatic N) is 4. The first-order valence-electron chi connectivity index (χ1n) is 12.0. The summed E-state index contributed by atoms with van der Waals surface area (Å²) in [5.41, 5.74) is 0.885. The van der Waals surface area contributed by atoms with E-state index in [1.807, 2.05) is 12.1 Å². The van der Waals surface area contributed by atoms with E-state index in [0.29, 0.717) is 12.0 Å². The largest absolute Gasteiger partial charge is 0.381 e. The van der Waals surface area contributed by atoms with Gasteiger partial charge in [-0.1, -0.05) is 23.7 Å². The van der Waals surface area contributed by atoms with Gasteiger partial charge >= 0.3 is 0 Å². The van der Waals surface area contributed by atoms with Crippen molar-refractivity contribution in [2.75, 3.05) is 63.9 Å². The lowest BCUT2D eigenvalue weighted by molar-refractivity contribution is 0.0305. The highest BCUT2D eigenvalue weighted by atomic mass is 16.5. The number of ether oxygens (including phenoxy) is 1. The van der Waals surface area contributed by atoms with Crippen molar-refractivity contribution in [1.82, 2.24) is 15.0 Å². The number of anilines is 1. The van der Waals surface area contributed by atoms with Gasteiger partial charge in [0.2, 0.25) is 0 Å². The van der Waals surface area contributed by atoms with Crippen LogP contribution in [0.1, 0.15) is 38.5 Å². The lowest BCUT2D eigenvalue weighted by Crippen LogP contribution is -2.57. The monoisotopic (exact) mass is 412 g/mol. The van der Waals surface area contributed by atoms with Gasteiger partial charge in [-0.2, -0.15) is 0 Å². The first kappa shape index (κ1) is 20.3. The fraction of sp³-hybridized carbons (Fsp3) is 0.708. The van der Waals surface area contributed by atoms with Crippen LogP contribution in [0.25, 0.3) is 11.0 Å². The first-order chi connectivity index (χ1) is 14.9. The molecule has 0 N–H and O–H groups in total. The summed E-state index contributed by atoms with van der Waals surface area (Å²) in [7, 11) is 0. The van der Waals surface area contributed by atoms with Gasteiger partial charge in [-0.25, -0.2) is 0 Å². The Bertz CT molecular complexity index is 803. The molecule has 3 aliphatic heterocycles. The predicted octanol–water partition coefficient (Wildman–Crippen LogP) is 3.62. The van der Waals surface area contributed by atoms with Crippen molar-refractivity contribution in [3.63, 3.8) is 0 Å².